The van der Waals surface area contributed by atoms with E-state index in [0.717, 1.165) is 47.6 Å². The molecule has 1 saturated heterocycles. The molecule has 144 valence electrons. The number of fused-ring (bicyclic) bond motifs is 2. The molecule has 2 aromatic rings. The highest BCUT2D eigenvalue weighted by Gasteiger charge is 2.35. The minimum Gasteiger partial charge on any atom is -0.304 e. The molecular weight excluding hydrogens is 376 g/mol. The van der Waals surface area contributed by atoms with Gasteiger partial charge in [-0.1, -0.05) is 17.8 Å². The lowest BCUT2D eigenvalue weighted by Crippen LogP contribution is -2.46. The van der Waals surface area contributed by atoms with Crippen LogP contribution in [0.3, 0.4) is 0 Å². The highest BCUT2D eigenvalue weighted by Crippen LogP contribution is 2.45. The zero-order valence-corrected chi connectivity index (χ0v) is 15.7. The van der Waals surface area contributed by atoms with Crippen molar-refractivity contribution in [3.8, 4) is 0 Å². The first-order chi connectivity index (χ1) is 12.8. The average molecular weight is 396 g/mol. The maximum Gasteiger partial charge on any atom is 0.416 e. The van der Waals surface area contributed by atoms with E-state index in [4.69, 9.17) is 0 Å². The summed E-state index contributed by atoms with van der Waals surface area (Å²) in [4.78, 5) is 6.04. The summed E-state index contributed by atoms with van der Waals surface area (Å²) in [6.07, 6.45) is -3.79. The van der Waals surface area contributed by atoms with Crippen molar-refractivity contribution in [2.24, 2.45) is 0 Å². The molecule has 2 aliphatic heterocycles. The van der Waals surface area contributed by atoms with Crippen molar-refractivity contribution in [2.45, 2.75) is 28.4 Å². The SMILES string of the molecule is CN1CCN(C2Cc3ccc(F)cc3Sc3ccc(C(F)(F)F)cc32)CC1. The van der Waals surface area contributed by atoms with Gasteiger partial charge in [0.15, 0.2) is 0 Å². The Morgan fingerprint density at radius 1 is 0.963 bits per heavy atom. The van der Waals surface area contributed by atoms with Gasteiger partial charge in [-0.3, -0.25) is 4.90 Å². The lowest BCUT2D eigenvalue weighted by Gasteiger charge is -2.38. The molecule has 1 fully saturated rings. The van der Waals surface area contributed by atoms with Gasteiger partial charge in [0.1, 0.15) is 5.82 Å². The maximum atomic E-state index is 13.7. The number of piperazine rings is 1. The molecule has 0 bridgehead atoms. The second-order valence-electron chi connectivity index (χ2n) is 7.16. The fourth-order valence-electron chi connectivity index (χ4n) is 3.77. The topological polar surface area (TPSA) is 6.48 Å². The van der Waals surface area contributed by atoms with Gasteiger partial charge in [0.2, 0.25) is 0 Å². The van der Waals surface area contributed by atoms with Crippen LogP contribution in [0.25, 0.3) is 0 Å². The van der Waals surface area contributed by atoms with Gasteiger partial charge in [-0.25, -0.2) is 4.39 Å². The predicted molar refractivity (Wildman–Crippen MR) is 97.5 cm³/mol. The number of hydrogen-bond donors (Lipinski definition) is 0. The highest BCUT2D eigenvalue weighted by molar-refractivity contribution is 7.99. The molecule has 0 aromatic heterocycles. The van der Waals surface area contributed by atoms with Crippen LogP contribution in [0.5, 0.6) is 0 Å². The third-order valence-corrected chi connectivity index (χ3v) is 6.53. The van der Waals surface area contributed by atoms with Crippen LogP contribution < -0.4 is 0 Å². The third-order valence-electron chi connectivity index (χ3n) is 5.34. The first-order valence-electron chi connectivity index (χ1n) is 8.91. The molecule has 0 N–H and O–H groups in total. The first kappa shape index (κ1) is 18.8. The summed E-state index contributed by atoms with van der Waals surface area (Å²) in [5, 5.41) is 0. The van der Waals surface area contributed by atoms with Gasteiger partial charge >= 0.3 is 6.18 Å². The lowest BCUT2D eigenvalue weighted by molar-refractivity contribution is -0.137. The van der Waals surface area contributed by atoms with Crippen molar-refractivity contribution in [1.82, 2.24) is 9.80 Å². The van der Waals surface area contributed by atoms with Crippen molar-refractivity contribution in [3.05, 3.63) is 58.9 Å². The van der Waals surface area contributed by atoms with Gasteiger partial charge in [-0.2, -0.15) is 13.2 Å². The fraction of sp³-hybridized carbons (Fsp3) is 0.400. The maximum absolute atomic E-state index is 13.7. The largest absolute Gasteiger partial charge is 0.416 e. The molecule has 0 spiro atoms. The zero-order valence-electron chi connectivity index (χ0n) is 14.9. The average Bonchev–Trinajstić information content (AvgIpc) is 2.77. The summed E-state index contributed by atoms with van der Waals surface area (Å²) in [5.74, 6) is -0.326. The summed E-state index contributed by atoms with van der Waals surface area (Å²) >= 11 is 1.36. The molecule has 1 atom stereocenters. The molecular formula is C20H20F4N2S. The van der Waals surface area contributed by atoms with Crippen molar-refractivity contribution in [1.29, 1.82) is 0 Å². The minimum absolute atomic E-state index is 0.143. The molecule has 0 aliphatic carbocycles. The van der Waals surface area contributed by atoms with Crippen LogP contribution >= 0.6 is 11.8 Å². The van der Waals surface area contributed by atoms with E-state index in [1.807, 2.05) is 7.05 Å². The minimum atomic E-state index is -4.38. The molecule has 0 radical (unpaired) electrons. The number of benzene rings is 2. The number of halogens is 4. The number of likely N-dealkylation sites (N-methyl/N-ethyl adjacent to an activating group) is 1. The lowest BCUT2D eigenvalue weighted by atomic mass is 9.95. The van der Waals surface area contributed by atoms with Crippen molar-refractivity contribution < 1.29 is 17.6 Å². The van der Waals surface area contributed by atoms with Crippen LogP contribution in [0, 0.1) is 5.82 Å². The van der Waals surface area contributed by atoms with E-state index < -0.39 is 11.7 Å². The Kier molecular flexibility index (Phi) is 4.94. The van der Waals surface area contributed by atoms with E-state index >= 15 is 0 Å². The Labute approximate surface area is 160 Å². The van der Waals surface area contributed by atoms with Gasteiger partial charge in [-0.05, 0) is 54.9 Å². The van der Waals surface area contributed by atoms with E-state index in [1.54, 1.807) is 6.07 Å². The predicted octanol–water partition coefficient (Wildman–Crippen LogP) is 4.84. The van der Waals surface area contributed by atoms with Crippen LogP contribution in [-0.4, -0.2) is 43.0 Å². The fourth-order valence-corrected chi connectivity index (χ4v) is 4.91. The highest BCUT2D eigenvalue weighted by atomic mass is 32.2. The second-order valence-corrected chi connectivity index (χ2v) is 8.25. The second kappa shape index (κ2) is 7.11. The Hall–Kier alpha value is -1.57. The number of rotatable bonds is 1. The molecule has 0 amide bonds. The Balaban J connectivity index is 1.80. The van der Waals surface area contributed by atoms with Crippen LogP contribution in [0.4, 0.5) is 17.6 Å². The van der Waals surface area contributed by atoms with Crippen molar-refractivity contribution >= 4 is 11.8 Å². The smallest absolute Gasteiger partial charge is 0.304 e. The van der Waals surface area contributed by atoms with E-state index in [2.05, 4.69) is 9.80 Å². The van der Waals surface area contributed by atoms with Gasteiger partial charge < -0.3 is 4.90 Å². The van der Waals surface area contributed by atoms with Crippen LogP contribution in [0.2, 0.25) is 0 Å². The number of alkyl halides is 3. The zero-order chi connectivity index (χ0) is 19.2. The Morgan fingerprint density at radius 2 is 1.70 bits per heavy atom. The summed E-state index contributed by atoms with van der Waals surface area (Å²) in [5.41, 5.74) is 1.05. The molecule has 2 heterocycles. The molecule has 1 unspecified atom stereocenters. The molecule has 7 heteroatoms. The quantitative estimate of drug-likeness (QED) is 0.637. The van der Waals surface area contributed by atoms with Gasteiger partial charge in [0.05, 0.1) is 5.56 Å². The number of nitrogens with zero attached hydrogens (tertiary/aromatic N) is 2. The van der Waals surface area contributed by atoms with Gasteiger partial charge in [0, 0.05) is 42.0 Å². The molecule has 2 nitrogen and oxygen atoms in total. The number of hydrogen-bond acceptors (Lipinski definition) is 3. The van der Waals surface area contributed by atoms with Gasteiger partial charge in [0.25, 0.3) is 0 Å². The van der Waals surface area contributed by atoms with E-state index in [0.29, 0.717) is 12.0 Å². The van der Waals surface area contributed by atoms with E-state index in [9.17, 15) is 17.6 Å². The standard InChI is InChI=1S/C20H20F4N2S/c1-25-6-8-26(9-7-25)17-10-13-2-4-15(21)12-19(13)27-18-5-3-14(11-16(17)18)20(22,23)24/h2-5,11-12,17H,6-10H2,1H3. The van der Waals surface area contributed by atoms with Crippen molar-refractivity contribution in [3.63, 3.8) is 0 Å². The van der Waals surface area contributed by atoms with Gasteiger partial charge in [-0.15, -0.1) is 0 Å². The molecule has 2 aromatic carbocycles. The van der Waals surface area contributed by atoms with Crippen LogP contribution in [-0.2, 0) is 12.6 Å². The molecule has 2 aliphatic rings. The van der Waals surface area contributed by atoms with E-state index in [1.165, 1.54) is 36.0 Å². The van der Waals surface area contributed by atoms with Crippen LogP contribution in [0.15, 0.2) is 46.2 Å². The molecule has 0 saturated carbocycles. The first-order valence-corrected chi connectivity index (χ1v) is 9.73. The summed E-state index contributed by atoms with van der Waals surface area (Å²) in [6, 6.07) is 8.47. The molecule has 27 heavy (non-hydrogen) atoms. The summed E-state index contributed by atoms with van der Waals surface area (Å²) in [7, 11) is 2.05. The van der Waals surface area contributed by atoms with Crippen molar-refractivity contribution in [2.75, 3.05) is 33.2 Å². The molecule has 4 rings (SSSR count). The van der Waals surface area contributed by atoms with Crippen LogP contribution in [0.1, 0.15) is 22.7 Å². The Morgan fingerprint density at radius 3 is 2.41 bits per heavy atom. The summed E-state index contributed by atoms with van der Waals surface area (Å²) < 4.78 is 53.7. The summed E-state index contributed by atoms with van der Waals surface area (Å²) in [6.45, 7) is 3.37. The third kappa shape index (κ3) is 3.86. The normalized spacial score (nSPS) is 21.4. The van der Waals surface area contributed by atoms with E-state index in [-0.39, 0.29) is 11.9 Å². The Bertz CT molecular complexity index is 844. The monoisotopic (exact) mass is 396 g/mol.